The van der Waals surface area contributed by atoms with Crippen LogP contribution in [-0.4, -0.2) is 39.6 Å². The number of nitrogens with one attached hydrogen (secondary N) is 1. The number of hydrogen-bond donors (Lipinski definition) is 1. The average Bonchev–Trinajstić information content (AvgIpc) is 3.16. The van der Waals surface area contributed by atoms with Crippen LogP contribution >= 0.6 is 23.1 Å². The molecule has 0 saturated carbocycles. The van der Waals surface area contributed by atoms with Crippen LogP contribution in [0.5, 0.6) is 0 Å². The number of nitrogens with zero attached hydrogens (tertiary/aromatic N) is 3. The van der Waals surface area contributed by atoms with E-state index in [4.69, 9.17) is 4.98 Å². The lowest BCUT2D eigenvalue weighted by molar-refractivity contribution is -0.129. The number of thiazole rings is 1. The van der Waals surface area contributed by atoms with Crippen LogP contribution in [0, 0.1) is 18.3 Å². The monoisotopic (exact) mass is 424 g/mol. The number of piperidine rings is 1. The quantitative estimate of drug-likeness (QED) is 0.646. The molecule has 0 aliphatic carbocycles. The average molecular weight is 425 g/mol. The van der Waals surface area contributed by atoms with Crippen LogP contribution in [0.25, 0.3) is 10.2 Å². The van der Waals surface area contributed by atoms with Gasteiger partial charge in [0.1, 0.15) is 6.07 Å². The summed E-state index contributed by atoms with van der Waals surface area (Å²) in [5.41, 5.74) is 1.80. The largest absolute Gasteiger partial charge is 0.341 e. The van der Waals surface area contributed by atoms with E-state index in [0.29, 0.717) is 22.7 Å². The van der Waals surface area contributed by atoms with Crippen LogP contribution in [0.1, 0.15) is 34.9 Å². The fourth-order valence-electron chi connectivity index (χ4n) is 3.60. The third-order valence-corrected chi connectivity index (χ3v) is 7.28. The van der Waals surface area contributed by atoms with Gasteiger partial charge in [0.15, 0.2) is 0 Å². The molecule has 1 amide bonds. The first-order valence-corrected chi connectivity index (χ1v) is 11.3. The molecule has 3 heterocycles. The van der Waals surface area contributed by atoms with Gasteiger partial charge in [0, 0.05) is 25.1 Å². The van der Waals surface area contributed by atoms with Gasteiger partial charge >= 0.3 is 0 Å². The maximum Gasteiger partial charge on any atom is 0.249 e. The van der Waals surface area contributed by atoms with E-state index >= 15 is 0 Å². The number of aromatic nitrogens is 2. The third-order valence-electron chi connectivity index (χ3n) is 5.09. The molecule has 8 heteroatoms. The molecule has 4 rings (SSSR count). The van der Waals surface area contributed by atoms with Crippen LogP contribution in [0.4, 0.5) is 0 Å². The van der Waals surface area contributed by atoms with Crippen molar-refractivity contribution in [1.82, 2.24) is 14.9 Å². The topological polar surface area (TPSA) is 89.8 Å². The zero-order valence-corrected chi connectivity index (χ0v) is 17.6. The molecule has 1 atom stereocenters. The van der Waals surface area contributed by atoms with Crippen molar-refractivity contribution in [1.29, 1.82) is 5.26 Å². The molecule has 1 N–H and O–H groups in total. The second-order valence-electron chi connectivity index (χ2n) is 7.12. The summed E-state index contributed by atoms with van der Waals surface area (Å²) in [6, 6.07) is 11.6. The summed E-state index contributed by atoms with van der Waals surface area (Å²) in [6.45, 7) is 3.12. The molecule has 1 aliphatic heterocycles. The van der Waals surface area contributed by atoms with Gasteiger partial charge in [-0.2, -0.15) is 5.26 Å². The van der Waals surface area contributed by atoms with Gasteiger partial charge in [0.2, 0.25) is 11.5 Å². The van der Waals surface area contributed by atoms with Crippen molar-refractivity contribution in [3.63, 3.8) is 0 Å². The van der Waals surface area contributed by atoms with E-state index in [1.165, 1.54) is 22.5 Å². The van der Waals surface area contributed by atoms with E-state index < -0.39 is 0 Å². The van der Waals surface area contributed by atoms with Crippen molar-refractivity contribution >= 4 is 39.2 Å². The van der Waals surface area contributed by atoms with E-state index in [1.54, 1.807) is 18.3 Å². The lowest BCUT2D eigenvalue weighted by Crippen LogP contribution is -2.40. The number of aryl methyl sites for hydroxylation is 1. The molecular weight excluding hydrogens is 404 g/mol. The van der Waals surface area contributed by atoms with Gasteiger partial charge in [-0.15, -0.1) is 11.3 Å². The van der Waals surface area contributed by atoms with E-state index in [-0.39, 0.29) is 23.1 Å². The Kier molecular flexibility index (Phi) is 5.69. The van der Waals surface area contributed by atoms with Crippen LogP contribution in [-0.2, 0) is 4.79 Å². The zero-order valence-electron chi connectivity index (χ0n) is 16.0. The number of benzene rings is 1. The highest BCUT2D eigenvalue weighted by molar-refractivity contribution is 8.00. The minimum absolute atomic E-state index is 0.0204. The van der Waals surface area contributed by atoms with Crippen LogP contribution < -0.4 is 5.56 Å². The number of rotatable bonds is 4. The summed E-state index contributed by atoms with van der Waals surface area (Å²) in [7, 11) is 0. The van der Waals surface area contributed by atoms with Crippen molar-refractivity contribution < 1.29 is 4.79 Å². The molecule has 3 aromatic rings. The normalized spacial score (nSPS) is 16.7. The van der Waals surface area contributed by atoms with Crippen molar-refractivity contribution in [2.24, 2.45) is 0 Å². The van der Waals surface area contributed by atoms with Gasteiger partial charge in [0.05, 0.1) is 31.6 Å². The Morgan fingerprint density at radius 3 is 3.07 bits per heavy atom. The van der Waals surface area contributed by atoms with E-state index in [9.17, 15) is 14.9 Å². The summed E-state index contributed by atoms with van der Waals surface area (Å²) >= 11 is 2.93. The van der Waals surface area contributed by atoms with Gasteiger partial charge in [-0.3, -0.25) is 9.59 Å². The highest BCUT2D eigenvalue weighted by Gasteiger charge is 2.27. The second kappa shape index (κ2) is 8.39. The fourth-order valence-corrected chi connectivity index (χ4v) is 5.67. The molecule has 1 saturated heterocycles. The number of likely N-dealkylation sites (tertiary alicyclic amines) is 1. The number of aromatic amines is 1. The van der Waals surface area contributed by atoms with E-state index in [1.807, 2.05) is 23.1 Å². The molecule has 1 aromatic carbocycles. The fraction of sp³-hybridized carbons (Fsp3) is 0.333. The maximum atomic E-state index is 12.8. The first-order valence-electron chi connectivity index (χ1n) is 9.45. The number of carbonyl (C=O) groups excluding carboxylic acids is 1. The smallest absolute Gasteiger partial charge is 0.249 e. The molecule has 0 bridgehead atoms. The Balaban J connectivity index is 1.44. The Morgan fingerprint density at radius 1 is 1.45 bits per heavy atom. The van der Waals surface area contributed by atoms with Gasteiger partial charge in [0.25, 0.3) is 0 Å². The molecule has 0 radical (unpaired) electrons. The molecule has 1 fully saturated rings. The summed E-state index contributed by atoms with van der Waals surface area (Å²) in [6.07, 6.45) is 1.97. The molecule has 0 unspecified atom stereocenters. The van der Waals surface area contributed by atoms with Crippen LogP contribution in [0.2, 0.25) is 0 Å². The SMILES string of the molecule is Cc1cc(=O)[nH]c(SCC(=O)N2CCC[C@@H](c3nc4ccccc4s3)C2)c1C#N. The predicted octanol–water partition coefficient (Wildman–Crippen LogP) is 3.66. The lowest BCUT2D eigenvalue weighted by atomic mass is 9.99. The zero-order chi connectivity index (χ0) is 20.4. The molecule has 1 aliphatic rings. The summed E-state index contributed by atoms with van der Waals surface area (Å²) < 4.78 is 1.17. The van der Waals surface area contributed by atoms with E-state index in [0.717, 1.165) is 29.9 Å². The molecule has 29 heavy (non-hydrogen) atoms. The minimum atomic E-state index is -0.259. The second-order valence-corrected chi connectivity index (χ2v) is 9.17. The standard InChI is InChI=1S/C21H20N4O2S2/c1-13-9-18(26)24-21(15(13)10-22)28-12-19(27)25-8-4-5-14(11-25)20-23-16-6-2-3-7-17(16)29-20/h2-3,6-7,9,14H,4-5,8,11-12H2,1H3,(H,24,26)/t14-/m1/s1. The molecule has 148 valence electrons. The van der Waals surface area contributed by atoms with E-state index in [2.05, 4.69) is 17.1 Å². The number of fused-ring (bicyclic) bond motifs is 1. The van der Waals surface area contributed by atoms with Gasteiger partial charge in [-0.25, -0.2) is 4.98 Å². The number of nitriles is 1. The number of pyridine rings is 1. The maximum absolute atomic E-state index is 12.8. The highest BCUT2D eigenvalue weighted by atomic mass is 32.2. The van der Waals surface area contributed by atoms with Gasteiger partial charge in [-0.1, -0.05) is 23.9 Å². The van der Waals surface area contributed by atoms with Crippen LogP contribution in [0.3, 0.4) is 0 Å². The number of carbonyl (C=O) groups is 1. The van der Waals surface area contributed by atoms with Crippen molar-refractivity contribution in [2.45, 2.75) is 30.7 Å². The first kappa shape index (κ1) is 19.7. The van der Waals surface area contributed by atoms with Crippen molar-refractivity contribution in [2.75, 3.05) is 18.8 Å². The number of amides is 1. The van der Waals surface area contributed by atoms with Crippen molar-refractivity contribution in [3.05, 3.63) is 56.8 Å². The van der Waals surface area contributed by atoms with Gasteiger partial charge in [-0.05, 0) is 37.5 Å². The Labute approximate surface area is 176 Å². The highest BCUT2D eigenvalue weighted by Crippen LogP contribution is 2.33. The molecule has 6 nitrogen and oxygen atoms in total. The minimum Gasteiger partial charge on any atom is -0.341 e. The first-order chi connectivity index (χ1) is 14.0. The molecular formula is C21H20N4O2S2. The lowest BCUT2D eigenvalue weighted by Gasteiger charge is -2.31. The summed E-state index contributed by atoms with van der Waals surface area (Å²) in [5, 5.41) is 10.9. The Bertz CT molecular complexity index is 1130. The predicted molar refractivity (Wildman–Crippen MR) is 115 cm³/mol. The Hall–Kier alpha value is -2.63. The van der Waals surface area contributed by atoms with Crippen LogP contribution in [0.15, 0.2) is 40.2 Å². The number of para-hydroxylation sites is 1. The number of thioether (sulfide) groups is 1. The molecule has 0 spiro atoms. The number of H-pyrrole nitrogens is 1. The van der Waals surface area contributed by atoms with Gasteiger partial charge < -0.3 is 9.88 Å². The number of hydrogen-bond acceptors (Lipinski definition) is 6. The summed E-state index contributed by atoms with van der Waals surface area (Å²) in [4.78, 5) is 33.9. The summed E-state index contributed by atoms with van der Waals surface area (Å²) in [5.74, 6) is 0.469. The third kappa shape index (κ3) is 4.21. The van der Waals surface area contributed by atoms with Crippen molar-refractivity contribution in [3.8, 4) is 6.07 Å². The molecule has 2 aromatic heterocycles. The Morgan fingerprint density at radius 2 is 2.28 bits per heavy atom.